The summed E-state index contributed by atoms with van der Waals surface area (Å²) in [6.45, 7) is 10.3. The number of nitrogens with zero attached hydrogens (tertiary/aromatic N) is 4. The highest BCUT2D eigenvalue weighted by atomic mass is 16.5. The Morgan fingerprint density at radius 1 is 1.06 bits per heavy atom. The number of carbonyl (C=O) groups is 1. The van der Waals surface area contributed by atoms with Gasteiger partial charge in [0.15, 0.2) is 0 Å². The largest absolute Gasteiger partial charge is 0.462 e. The second kappa shape index (κ2) is 10.1. The Hall–Kier alpha value is -2.90. The van der Waals surface area contributed by atoms with Gasteiger partial charge in [-0.2, -0.15) is 0 Å². The van der Waals surface area contributed by atoms with Crippen LogP contribution in [0.1, 0.15) is 24.2 Å². The van der Waals surface area contributed by atoms with Crippen LogP contribution in [-0.4, -0.2) is 73.5 Å². The molecule has 0 radical (unpaired) electrons. The molecule has 3 aromatic rings. The van der Waals surface area contributed by atoms with Crippen LogP contribution in [0.15, 0.2) is 48.8 Å². The zero-order chi connectivity index (χ0) is 22.5. The molecule has 4 rings (SSSR count). The number of benzene rings is 2. The van der Waals surface area contributed by atoms with Crippen molar-refractivity contribution in [2.75, 3.05) is 57.9 Å². The molecule has 2 heterocycles. The molecule has 7 nitrogen and oxygen atoms in total. The fourth-order valence-electron chi connectivity index (χ4n) is 3.96. The maximum atomic E-state index is 12.3. The van der Waals surface area contributed by atoms with Gasteiger partial charge < -0.3 is 14.4 Å². The van der Waals surface area contributed by atoms with Crippen molar-refractivity contribution in [3.8, 4) is 5.69 Å². The number of ether oxygens (including phenoxy) is 2. The molecule has 0 unspecified atom stereocenters. The van der Waals surface area contributed by atoms with E-state index >= 15 is 0 Å². The lowest BCUT2D eigenvalue weighted by Gasteiger charge is -2.36. The number of hydrogen-bond donors (Lipinski definition) is 0. The van der Waals surface area contributed by atoms with Crippen LogP contribution in [0.2, 0.25) is 0 Å². The van der Waals surface area contributed by atoms with Crippen molar-refractivity contribution in [2.45, 2.75) is 13.8 Å². The molecule has 0 atom stereocenters. The lowest BCUT2D eigenvalue weighted by molar-refractivity contribution is 0.0459. The summed E-state index contributed by atoms with van der Waals surface area (Å²) < 4.78 is 12.6. The Bertz CT molecular complexity index is 1050. The Kier molecular flexibility index (Phi) is 7.07. The van der Waals surface area contributed by atoms with Gasteiger partial charge >= 0.3 is 5.97 Å². The minimum atomic E-state index is -0.304. The Balaban J connectivity index is 1.49. The molecule has 0 aliphatic carbocycles. The zero-order valence-corrected chi connectivity index (χ0v) is 19.2. The highest BCUT2D eigenvalue weighted by molar-refractivity contribution is 5.94. The van der Waals surface area contributed by atoms with E-state index in [4.69, 9.17) is 9.47 Å². The number of rotatable bonds is 8. The lowest BCUT2D eigenvalue weighted by atomic mass is 10.2. The van der Waals surface area contributed by atoms with Gasteiger partial charge in [-0.05, 0) is 42.3 Å². The summed E-state index contributed by atoms with van der Waals surface area (Å²) in [5.74, 6) is 0.00397. The number of anilines is 1. The highest BCUT2D eigenvalue weighted by Gasteiger charge is 2.18. The third-order valence-electron chi connectivity index (χ3n) is 5.79. The van der Waals surface area contributed by atoms with Gasteiger partial charge in [0.25, 0.3) is 0 Å². The highest BCUT2D eigenvalue weighted by Crippen LogP contribution is 2.24. The molecule has 1 aliphatic heterocycles. The average Bonchev–Trinajstić information content (AvgIpc) is 3.25. The van der Waals surface area contributed by atoms with Gasteiger partial charge in [0.2, 0.25) is 0 Å². The van der Waals surface area contributed by atoms with Gasteiger partial charge in [0.05, 0.1) is 29.8 Å². The molecule has 1 saturated heterocycles. The Labute approximate surface area is 189 Å². The van der Waals surface area contributed by atoms with Crippen LogP contribution < -0.4 is 4.90 Å². The number of fused-ring (bicyclic) bond motifs is 1. The number of imidazole rings is 1. The molecule has 32 heavy (non-hydrogen) atoms. The van der Waals surface area contributed by atoms with Crippen LogP contribution >= 0.6 is 0 Å². The topological polar surface area (TPSA) is 59.8 Å². The van der Waals surface area contributed by atoms with Crippen molar-refractivity contribution < 1.29 is 14.3 Å². The second-order valence-corrected chi connectivity index (χ2v) is 8.65. The van der Waals surface area contributed by atoms with E-state index in [-0.39, 0.29) is 5.97 Å². The molecule has 170 valence electrons. The van der Waals surface area contributed by atoms with Crippen LogP contribution in [0.5, 0.6) is 0 Å². The molecule has 1 fully saturated rings. The molecule has 7 heteroatoms. The normalized spacial score (nSPS) is 14.9. The molecule has 0 N–H and O–H groups in total. The van der Waals surface area contributed by atoms with E-state index in [1.807, 2.05) is 32.3 Å². The third kappa shape index (κ3) is 5.11. The van der Waals surface area contributed by atoms with Crippen molar-refractivity contribution in [1.82, 2.24) is 14.5 Å². The van der Waals surface area contributed by atoms with Crippen molar-refractivity contribution in [2.24, 2.45) is 5.92 Å². The minimum absolute atomic E-state index is 0.304. The van der Waals surface area contributed by atoms with Gasteiger partial charge in [0, 0.05) is 51.2 Å². The standard InChI is InChI=1S/C25H32N4O3/c1-19(2)17-32-25(30)20-7-8-24-23(15-20)26-18-29(24)22-6-4-5-21(16-22)28-11-9-27(10-12-28)13-14-31-3/h4-8,15-16,18-19H,9-14,17H2,1-3H3. The summed E-state index contributed by atoms with van der Waals surface area (Å²) in [5, 5.41) is 0. The summed E-state index contributed by atoms with van der Waals surface area (Å²) in [5.41, 5.74) is 4.54. The van der Waals surface area contributed by atoms with E-state index in [1.165, 1.54) is 5.69 Å². The van der Waals surface area contributed by atoms with E-state index in [0.717, 1.165) is 56.1 Å². The molecule has 0 amide bonds. The van der Waals surface area contributed by atoms with Gasteiger partial charge in [-0.15, -0.1) is 0 Å². The van der Waals surface area contributed by atoms with Crippen molar-refractivity contribution >= 4 is 22.7 Å². The second-order valence-electron chi connectivity index (χ2n) is 8.65. The molecule has 0 spiro atoms. The molecule has 2 aromatic carbocycles. The number of hydrogen-bond acceptors (Lipinski definition) is 6. The van der Waals surface area contributed by atoms with Crippen molar-refractivity contribution in [3.05, 3.63) is 54.4 Å². The lowest BCUT2D eigenvalue weighted by Crippen LogP contribution is -2.47. The van der Waals surface area contributed by atoms with E-state index in [1.54, 1.807) is 13.2 Å². The summed E-state index contributed by atoms with van der Waals surface area (Å²) >= 11 is 0. The summed E-state index contributed by atoms with van der Waals surface area (Å²) in [6.07, 6.45) is 1.82. The predicted octanol–water partition coefficient (Wildman–Crippen LogP) is 3.61. The van der Waals surface area contributed by atoms with Gasteiger partial charge in [-0.25, -0.2) is 9.78 Å². The minimum Gasteiger partial charge on any atom is -0.462 e. The quantitative estimate of drug-likeness (QED) is 0.503. The fourth-order valence-corrected chi connectivity index (χ4v) is 3.96. The first-order valence-corrected chi connectivity index (χ1v) is 11.3. The van der Waals surface area contributed by atoms with Crippen molar-refractivity contribution in [3.63, 3.8) is 0 Å². The monoisotopic (exact) mass is 436 g/mol. The zero-order valence-electron chi connectivity index (χ0n) is 19.2. The number of carbonyl (C=O) groups excluding carboxylic acids is 1. The molecule has 1 aliphatic rings. The van der Waals surface area contributed by atoms with Crippen LogP contribution in [-0.2, 0) is 9.47 Å². The van der Waals surface area contributed by atoms with Gasteiger partial charge in [-0.1, -0.05) is 19.9 Å². The summed E-state index contributed by atoms with van der Waals surface area (Å²) in [7, 11) is 1.75. The summed E-state index contributed by atoms with van der Waals surface area (Å²) in [6, 6.07) is 14.1. The first kappa shape index (κ1) is 22.3. The van der Waals surface area contributed by atoms with Gasteiger partial charge in [-0.3, -0.25) is 9.47 Å². The van der Waals surface area contributed by atoms with Crippen LogP contribution in [0.4, 0.5) is 5.69 Å². The Morgan fingerprint density at radius 2 is 1.84 bits per heavy atom. The van der Waals surface area contributed by atoms with Crippen molar-refractivity contribution in [1.29, 1.82) is 0 Å². The number of aromatic nitrogens is 2. The van der Waals surface area contributed by atoms with Crippen LogP contribution in [0.3, 0.4) is 0 Å². The number of esters is 1. The summed E-state index contributed by atoms with van der Waals surface area (Å²) in [4.78, 5) is 21.7. The SMILES string of the molecule is COCCN1CCN(c2cccc(-n3cnc4cc(C(=O)OCC(C)C)ccc43)c2)CC1. The number of piperazine rings is 1. The van der Waals surface area contributed by atoms with Gasteiger partial charge in [0.1, 0.15) is 6.33 Å². The molecule has 0 bridgehead atoms. The molecule has 0 saturated carbocycles. The van der Waals surface area contributed by atoms with E-state index < -0.39 is 0 Å². The van der Waals surface area contributed by atoms with E-state index in [0.29, 0.717) is 18.1 Å². The molecular weight excluding hydrogens is 404 g/mol. The van der Waals surface area contributed by atoms with E-state index in [2.05, 4.69) is 43.6 Å². The fraction of sp³-hybridized carbons (Fsp3) is 0.440. The smallest absolute Gasteiger partial charge is 0.338 e. The van der Waals surface area contributed by atoms with Crippen LogP contribution in [0.25, 0.3) is 16.7 Å². The predicted molar refractivity (Wildman–Crippen MR) is 127 cm³/mol. The number of methoxy groups -OCH3 is 1. The first-order chi connectivity index (χ1) is 15.5. The Morgan fingerprint density at radius 3 is 2.59 bits per heavy atom. The maximum Gasteiger partial charge on any atom is 0.338 e. The van der Waals surface area contributed by atoms with Crippen LogP contribution in [0, 0.1) is 5.92 Å². The first-order valence-electron chi connectivity index (χ1n) is 11.3. The van der Waals surface area contributed by atoms with E-state index in [9.17, 15) is 4.79 Å². The maximum absolute atomic E-state index is 12.3. The average molecular weight is 437 g/mol. The molecule has 1 aromatic heterocycles. The molecular formula is C25H32N4O3. The third-order valence-corrected chi connectivity index (χ3v) is 5.79.